The first-order valence-corrected chi connectivity index (χ1v) is 10.5. The topological polar surface area (TPSA) is 87.7 Å². The maximum Gasteiger partial charge on any atom is 0.337 e. The molecule has 1 aliphatic rings. The van der Waals surface area contributed by atoms with E-state index in [4.69, 9.17) is 0 Å². The first-order chi connectivity index (χ1) is 14.1. The Kier molecular flexibility index (Phi) is 7.37. The molecule has 0 aliphatic carbocycles. The molecular weight excluding hydrogens is 390 g/mol. The van der Waals surface area contributed by atoms with Crippen molar-refractivity contribution in [1.29, 1.82) is 0 Å². The quantitative estimate of drug-likeness (QED) is 0.559. The molecule has 0 atom stereocenters. The number of hydrogen-bond donors (Lipinski definition) is 2. The highest BCUT2D eigenvalue weighted by Gasteiger charge is 2.21. The Hall–Kier alpha value is -2.71. The minimum atomic E-state index is -0.729. The van der Waals surface area contributed by atoms with Gasteiger partial charge in [0.15, 0.2) is 0 Å². The Morgan fingerprint density at radius 2 is 1.83 bits per heavy atom. The molecule has 1 aromatic carbocycles. The summed E-state index contributed by atoms with van der Waals surface area (Å²) in [6.07, 6.45) is 2.24. The lowest BCUT2D eigenvalue weighted by molar-refractivity contribution is -0.136. The Morgan fingerprint density at radius 1 is 1.10 bits per heavy atom. The first-order valence-electron chi connectivity index (χ1n) is 9.60. The van der Waals surface area contributed by atoms with Gasteiger partial charge >= 0.3 is 17.8 Å². The molecule has 3 rings (SSSR count). The molecule has 1 fully saturated rings. The molecule has 0 unspecified atom stereocenters. The molecule has 1 aromatic heterocycles. The average Bonchev–Trinajstić information content (AvgIpc) is 3.29. The maximum atomic E-state index is 12.0. The van der Waals surface area contributed by atoms with Gasteiger partial charge in [-0.2, -0.15) is 0 Å². The predicted octanol–water partition coefficient (Wildman–Crippen LogP) is 2.47. The number of carbonyl (C=O) groups excluding carboxylic acids is 3. The molecule has 1 aliphatic heterocycles. The molecule has 0 spiro atoms. The van der Waals surface area contributed by atoms with Crippen molar-refractivity contribution in [3.63, 3.8) is 0 Å². The van der Waals surface area contributed by atoms with E-state index >= 15 is 0 Å². The summed E-state index contributed by atoms with van der Waals surface area (Å²) in [7, 11) is 1.30. The van der Waals surface area contributed by atoms with Gasteiger partial charge in [0.2, 0.25) is 0 Å². The molecule has 154 valence electrons. The summed E-state index contributed by atoms with van der Waals surface area (Å²) < 4.78 is 4.62. The van der Waals surface area contributed by atoms with Gasteiger partial charge in [-0.3, -0.25) is 9.59 Å². The van der Waals surface area contributed by atoms with Crippen LogP contribution in [0.3, 0.4) is 0 Å². The third kappa shape index (κ3) is 5.88. The number of amides is 2. The second-order valence-electron chi connectivity index (χ2n) is 6.91. The van der Waals surface area contributed by atoms with Crippen LogP contribution in [0.25, 0.3) is 0 Å². The van der Waals surface area contributed by atoms with Crippen molar-refractivity contribution < 1.29 is 19.1 Å². The van der Waals surface area contributed by atoms with Crippen LogP contribution in [0.1, 0.15) is 34.0 Å². The third-order valence-electron chi connectivity index (χ3n) is 5.02. The molecule has 2 aromatic rings. The van der Waals surface area contributed by atoms with Gasteiger partial charge in [-0.25, -0.2) is 4.79 Å². The highest BCUT2D eigenvalue weighted by Crippen LogP contribution is 2.30. The number of anilines is 1. The number of thiophene rings is 1. The summed E-state index contributed by atoms with van der Waals surface area (Å²) >= 11 is 1.82. The standard InChI is InChI=1S/C21H25N3O4S/c1-28-21(27)16-4-6-17(7-5-16)23-20(26)19(25)22-10-13-24-11-8-15(9-12-24)18-3-2-14-29-18/h2-7,14-15H,8-13H2,1H3,(H,22,25)(H,23,26). The van der Waals surface area contributed by atoms with Crippen LogP contribution in [0.15, 0.2) is 41.8 Å². The number of benzene rings is 1. The molecule has 0 radical (unpaired) electrons. The molecule has 7 nitrogen and oxygen atoms in total. The van der Waals surface area contributed by atoms with Crippen molar-refractivity contribution in [3.8, 4) is 0 Å². The highest BCUT2D eigenvalue weighted by molar-refractivity contribution is 7.10. The van der Waals surface area contributed by atoms with E-state index in [0.29, 0.717) is 23.7 Å². The Balaban J connectivity index is 1.36. The SMILES string of the molecule is COC(=O)c1ccc(NC(=O)C(=O)NCCN2CCC(c3cccs3)CC2)cc1. The van der Waals surface area contributed by atoms with Crippen LogP contribution in [0.4, 0.5) is 5.69 Å². The number of hydrogen-bond acceptors (Lipinski definition) is 6. The van der Waals surface area contributed by atoms with Crippen LogP contribution in [-0.4, -0.2) is 56.0 Å². The fourth-order valence-corrected chi connectivity index (χ4v) is 4.27. The number of nitrogens with zero attached hydrogens (tertiary/aromatic N) is 1. The molecule has 0 bridgehead atoms. The molecular formula is C21H25N3O4S. The molecule has 2 amide bonds. The first kappa shape index (κ1) is 21.0. The smallest absolute Gasteiger partial charge is 0.337 e. The summed E-state index contributed by atoms with van der Waals surface area (Å²) in [6, 6.07) is 10.5. The van der Waals surface area contributed by atoms with Gasteiger partial charge in [0.05, 0.1) is 12.7 Å². The third-order valence-corrected chi connectivity index (χ3v) is 6.05. The number of likely N-dealkylation sites (tertiary alicyclic amines) is 1. The lowest BCUT2D eigenvalue weighted by Gasteiger charge is -2.31. The summed E-state index contributed by atoms with van der Waals surface area (Å²) in [5.74, 6) is -1.22. The minimum Gasteiger partial charge on any atom is -0.465 e. The molecule has 1 saturated heterocycles. The Morgan fingerprint density at radius 3 is 2.45 bits per heavy atom. The van der Waals surface area contributed by atoms with Crippen molar-refractivity contribution in [2.75, 3.05) is 38.6 Å². The van der Waals surface area contributed by atoms with Crippen LogP contribution >= 0.6 is 11.3 Å². The summed E-state index contributed by atoms with van der Waals surface area (Å²) in [5.41, 5.74) is 0.811. The van der Waals surface area contributed by atoms with Crippen LogP contribution < -0.4 is 10.6 Å². The number of piperidine rings is 1. The molecule has 2 N–H and O–H groups in total. The molecule has 0 saturated carbocycles. The minimum absolute atomic E-state index is 0.373. The van der Waals surface area contributed by atoms with Gasteiger partial charge in [0, 0.05) is 23.7 Å². The number of esters is 1. The van der Waals surface area contributed by atoms with E-state index in [9.17, 15) is 14.4 Å². The summed E-state index contributed by atoms with van der Waals surface area (Å²) in [5, 5.41) is 7.30. The van der Waals surface area contributed by atoms with Gasteiger partial charge < -0.3 is 20.3 Å². The van der Waals surface area contributed by atoms with Gasteiger partial charge in [0.1, 0.15) is 0 Å². The van der Waals surface area contributed by atoms with Crippen molar-refractivity contribution in [2.24, 2.45) is 0 Å². The van der Waals surface area contributed by atoms with E-state index in [1.54, 1.807) is 12.1 Å². The largest absolute Gasteiger partial charge is 0.465 e. The van der Waals surface area contributed by atoms with E-state index in [1.165, 1.54) is 24.1 Å². The zero-order chi connectivity index (χ0) is 20.6. The van der Waals surface area contributed by atoms with Gasteiger partial charge in [-0.15, -0.1) is 11.3 Å². The zero-order valence-corrected chi connectivity index (χ0v) is 17.2. The van der Waals surface area contributed by atoms with Gasteiger partial charge in [-0.1, -0.05) is 6.07 Å². The summed E-state index contributed by atoms with van der Waals surface area (Å²) in [6.45, 7) is 3.15. The lowest BCUT2D eigenvalue weighted by Crippen LogP contribution is -2.42. The lowest BCUT2D eigenvalue weighted by atomic mass is 9.95. The van der Waals surface area contributed by atoms with Crippen molar-refractivity contribution in [2.45, 2.75) is 18.8 Å². The predicted molar refractivity (Wildman–Crippen MR) is 112 cm³/mol. The van der Waals surface area contributed by atoms with E-state index in [0.717, 1.165) is 32.5 Å². The Labute approximate surface area is 174 Å². The van der Waals surface area contributed by atoms with Crippen LogP contribution in [0, 0.1) is 0 Å². The fourth-order valence-electron chi connectivity index (χ4n) is 3.37. The molecule has 8 heteroatoms. The number of rotatable bonds is 6. The van der Waals surface area contributed by atoms with Crippen molar-refractivity contribution in [3.05, 3.63) is 52.2 Å². The Bertz CT molecular complexity index is 828. The van der Waals surface area contributed by atoms with E-state index in [-0.39, 0.29) is 0 Å². The van der Waals surface area contributed by atoms with E-state index in [2.05, 4.69) is 37.8 Å². The number of ether oxygens (including phenoxy) is 1. The molecule has 2 heterocycles. The number of carbonyl (C=O) groups is 3. The highest BCUT2D eigenvalue weighted by atomic mass is 32.1. The number of methoxy groups -OCH3 is 1. The van der Waals surface area contributed by atoms with E-state index < -0.39 is 17.8 Å². The average molecular weight is 416 g/mol. The van der Waals surface area contributed by atoms with Crippen LogP contribution in [0.2, 0.25) is 0 Å². The van der Waals surface area contributed by atoms with Gasteiger partial charge in [0.25, 0.3) is 0 Å². The van der Waals surface area contributed by atoms with Crippen molar-refractivity contribution >= 4 is 34.8 Å². The molecule has 29 heavy (non-hydrogen) atoms. The normalized spacial score (nSPS) is 14.9. The van der Waals surface area contributed by atoms with Crippen molar-refractivity contribution in [1.82, 2.24) is 10.2 Å². The van der Waals surface area contributed by atoms with Crippen LogP contribution in [0.5, 0.6) is 0 Å². The maximum absolute atomic E-state index is 12.0. The summed E-state index contributed by atoms with van der Waals surface area (Å²) in [4.78, 5) is 39.2. The zero-order valence-electron chi connectivity index (χ0n) is 16.3. The van der Waals surface area contributed by atoms with Crippen LogP contribution in [-0.2, 0) is 14.3 Å². The second kappa shape index (κ2) is 10.2. The fraction of sp³-hybridized carbons (Fsp3) is 0.381. The monoisotopic (exact) mass is 415 g/mol. The second-order valence-corrected chi connectivity index (χ2v) is 7.89. The number of nitrogens with one attached hydrogen (secondary N) is 2. The van der Waals surface area contributed by atoms with Gasteiger partial charge in [-0.05, 0) is 67.6 Å². The van der Waals surface area contributed by atoms with E-state index in [1.807, 2.05) is 11.3 Å².